The Labute approximate surface area is 101 Å². The number of hydrogen-bond acceptors (Lipinski definition) is 4. The van der Waals surface area contributed by atoms with E-state index < -0.39 is 23.6 Å². The van der Waals surface area contributed by atoms with Gasteiger partial charge < -0.3 is 15.2 Å². The molecule has 1 saturated heterocycles. The molecule has 0 aliphatic carbocycles. The molecule has 0 bridgehead atoms. The standard InChI is InChI=1S/C11H20N2O4/c1-11(2,3)17-10(15)13-6-5-7(16-4)8(13)9(12)14/h7-8H,5-6H2,1-4H3,(H2,12,14)/t7?,8-/m0/s1. The topological polar surface area (TPSA) is 81.9 Å². The third kappa shape index (κ3) is 3.33. The maximum absolute atomic E-state index is 11.9. The van der Waals surface area contributed by atoms with E-state index in [1.54, 1.807) is 20.8 Å². The molecular weight excluding hydrogens is 224 g/mol. The summed E-state index contributed by atoms with van der Waals surface area (Å²) in [5.41, 5.74) is 4.69. The van der Waals surface area contributed by atoms with Crippen LogP contribution in [-0.4, -0.2) is 48.3 Å². The molecule has 98 valence electrons. The minimum atomic E-state index is -0.741. The van der Waals surface area contributed by atoms with Crippen molar-refractivity contribution in [2.24, 2.45) is 5.73 Å². The first-order valence-electron chi connectivity index (χ1n) is 5.58. The first-order valence-corrected chi connectivity index (χ1v) is 5.58. The molecule has 2 amide bonds. The van der Waals surface area contributed by atoms with E-state index in [0.717, 1.165) is 0 Å². The summed E-state index contributed by atoms with van der Waals surface area (Å²) >= 11 is 0. The van der Waals surface area contributed by atoms with Crippen molar-refractivity contribution in [1.82, 2.24) is 4.90 Å². The minimum absolute atomic E-state index is 0.347. The number of amides is 2. The van der Waals surface area contributed by atoms with Crippen molar-refractivity contribution in [2.75, 3.05) is 13.7 Å². The van der Waals surface area contributed by atoms with E-state index in [4.69, 9.17) is 15.2 Å². The smallest absolute Gasteiger partial charge is 0.411 e. The largest absolute Gasteiger partial charge is 0.444 e. The molecule has 0 radical (unpaired) electrons. The second-order valence-corrected chi connectivity index (χ2v) is 5.08. The molecule has 1 fully saturated rings. The van der Waals surface area contributed by atoms with Crippen molar-refractivity contribution in [1.29, 1.82) is 0 Å². The van der Waals surface area contributed by atoms with Crippen LogP contribution in [0.5, 0.6) is 0 Å². The van der Waals surface area contributed by atoms with Crippen LogP contribution in [0.4, 0.5) is 4.79 Å². The van der Waals surface area contributed by atoms with Gasteiger partial charge in [-0.3, -0.25) is 9.69 Å². The van der Waals surface area contributed by atoms with Crippen molar-refractivity contribution in [3.8, 4) is 0 Å². The highest BCUT2D eigenvalue weighted by Gasteiger charge is 2.42. The SMILES string of the molecule is COC1CCN(C(=O)OC(C)(C)C)[C@@H]1C(N)=O. The summed E-state index contributed by atoms with van der Waals surface area (Å²) in [6.07, 6.45) is -0.288. The van der Waals surface area contributed by atoms with Crippen molar-refractivity contribution in [3.63, 3.8) is 0 Å². The van der Waals surface area contributed by atoms with Crippen molar-refractivity contribution in [2.45, 2.75) is 44.9 Å². The summed E-state index contributed by atoms with van der Waals surface area (Å²) in [4.78, 5) is 24.6. The number of nitrogens with two attached hydrogens (primary N) is 1. The Morgan fingerprint density at radius 2 is 1.94 bits per heavy atom. The fourth-order valence-electron chi connectivity index (χ4n) is 1.87. The average molecular weight is 244 g/mol. The predicted molar refractivity (Wildman–Crippen MR) is 61.3 cm³/mol. The Hall–Kier alpha value is -1.30. The first kappa shape index (κ1) is 13.8. The number of hydrogen-bond donors (Lipinski definition) is 1. The highest BCUT2D eigenvalue weighted by Crippen LogP contribution is 2.22. The number of methoxy groups -OCH3 is 1. The van der Waals surface area contributed by atoms with Gasteiger partial charge in [-0.25, -0.2) is 4.79 Å². The fraction of sp³-hybridized carbons (Fsp3) is 0.818. The molecule has 2 atom stereocenters. The van der Waals surface area contributed by atoms with Gasteiger partial charge in [0.2, 0.25) is 5.91 Å². The normalized spacial score (nSPS) is 24.8. The number of nitrogens with zero attached hydrogens (tertiary/aromatic N) is 1. The molecule has 0 aromatic heterocycles. The second-order valence-electron chi connectivity index (χ2n) is 5.08. The van der Waals surface area contributed by atoms with Crippen molar-refractivity contribution in [3.05, 3.63) is 0 Å². The van der Waals surface area contributed by atoms with Crippen LogP contribution in [0.25, 0.3) is 0 Å². The Balaban J connectivity index is 2.76. The lowest BCUT2D eigenvalue weighted by Gasteiger charge is -2.28. The van der Waals surface area contributed by atoms with E-state index in [1.165, 1.54) is 12.0 Å². The molecule has 1 heterocycles. The van der Waals surface area contributed by atoms with Gasteiger partial charge in [-0.1, -0.05) is 0 Å². The number of carbonyl (C=O) groups excluding carboxylic acids is 2. The predicted octanol–water partition coefficient (Wildman–Crippen LogP) is 0.496. The number of rotatable bonds is 2. The summed E-state index contributed by atoms with van der Waals surface area (Å²) in [6, 6.07) is -0.741. The molecule has 1 rings (SSSR count). The summed E-state index contributed by atoms with van der Waals surface area (Å²) < 4.78 is 10.4. The van der Waals surface area contributed by atoms with E-state index in [9.17, 15) is 9.59 Å². The molecule has 6 nitrogen and oxygen atoms in total. The lowest BCUT2D eigenvalue weighted by molar-refractivity contribution is -0.125. The van der Waals surface area contributed by atoms with Crippen LogP contribution in [0, 0.1) is 0 Å². The molecule has 1 unspecified atom stereocenters. The Morgan fingerprint density at radius 1 is 1.35 bits per heavy atom. The van der Waals surface area contributed by atoms with Gasteiger partial charge in [-0.05, 0) is 27.2 Å². The number of primary amides is 1. The molecule has 0 saturated carbocycles. The van der Waals surface area contributed by atoms with Crippen LogP contribution in [-0.2, 0) is 14.3 Å². The average Bonchev–Trinajstić information content (AvgIpc) is 2.57. The van der Waals surface area contributed by atoms with Crippen LogP contribution < -0.4 is 5.73 Å². The third-order valence-electron chi connectivity index (χ3n) is 2.56. The van der Waals surface area contributed by atoms with E-state index >= 15 is 0 Å². The van der Waals surface area contributed by atoms with Gasteiger partial charge in [-0.15, -0.1) is 0 Å². The summed E-state index contributed by atoms with van der Waals surface area (Å²) in [7, 11) is 1.50. The van der Waals surface area contributed by atoms with Crippen molar-refractivity contribution < 1.29 is 19.1 Å². The van der Waals surface area contributed by atoms with Gasteiger partial charge >= 0.3 is 6.09 Å². The molecular formula is C11H20N2O4. The Kier molecular flexibility index (Phi) is 3.98. The number of carbonyl (C=O) groups is 2. The van der Waals surface area contributed by atoms with Crippen molar-refractivity contribution >= 4 is 12.0 Å². The zero-order chi connectivity index (χ0) is 13.2. The Bertz CT molecular complexity index is 311. The summed E-state index contributed by atoms with van der Waals surface area (Å²) in [5.74, 6) is -0.569. The summed E-state index contributed by atoms with van der Waals surface area (Å²) in [5, 5.41) is 0. The van der Waals surface area contributed by atoms with Gasteiger partial charge in [-0.2, -0.15) is 0 Å². The van der Waals surface area contributed by atoms with E-state index in [0.29, 0.717) is 13.0 Å². The lowest BCUT2D eigenvalue weighted by atomic mass is 10.1. The zero-order valence-electron chi connectivity index (χ0n) is 10.7. The van der Waals surface area contributed by atoms with E-state index in [2.05, 4.69) is 0 Å². The highest BCUT2D eigenvalue weighted by atomic mass is 16.6. The van der Waals surface area contributed by atoms with Gasteiger partial charge in [0.25, 0.3) is 0 Å². The van der Waals surface area contributed by atoms with Crippen LogP contribution in [0.1, 0.15) is 27.2 Å². The van der Waals surface area contributed by atoms with Gasteiger partial charge in [0.1, 0.15) is 11.6 Å². The first-order chi connectivity index (χ1) is 7.76. The minimum Gasteiger partial charge on any atom is -0.444 e. The highest BCUT2D eigenvalue weighted by molar-refractivity contribution is 5.85. The molecule has 0 spiro atoms. The monoisotopic (exact) mass is 244 g/mol. The van der Waals surface area contributed by atoms with Gasteiger partial charge in [0.05, 0.1) is 6.10 Å². The Morgan fingerprint density at radius 3 is 2.35 bits per heavy atom. The van der Waals surface area contributed by atoms with E-state index in [-0.39, 0.29) is 6.10 Å². The molecule has 1 aliphatic heterocycles. The molecule has 1 aliphatic rings. The molecule has 17 heavy (non-hydrogen) atoms. The lowest BCUT2D eigenvalue weighted by Crippen LogP contribution is -2.50. The zero-order valence-corrected chi connectivity index (χ0v) is 10.7. The van der Waals surface area contributed by atoms with Crippen LogP contribution >= 0.6 is 0 Å². The number of likely N-dealkylation sites (tertiary alicyclic amines) is 1. The number of ether oxygens (including phenoxy) is 2. The molecule has 0 aromatic carbocycles. The molecule has 2 N–H and O–H groups in total. The fourth-order valence-corrected chi connectivity index (χ4v) is 1.87. The third-order valence-corrected chi connectivity index (χ3v) is 2.56. The second kappa shape index (κ2) is 4.91. The maximum Gasteiger partial charge on any atom is 0.411 e. The van der Waals surface area contributed by atoms with Gasteiger partial charge in [0.15, 0.2) is 0 Å². The summed E-state index contributed by atoms with van der Waals surface area (Å²) in [6.45, 7) is 5.73. The van der Waals surface area contributed by atoms with Gasteiger partial charge in [0, 0.05) is 13.7 Å². The van der Waals surface area contributed by atoms with Crippen LogP contribution in [0.2, 0.25) is 0 Å². The molecule has 6 heteroatoms. The van der Waals surface area contributed by atoms with Crippen LogP contribution in [0.15, 0.2) is 0 Å². The van der Waals surface area contributed by atoms with Crippen LogP contribution in [0.3, 0.4) is 0 Å². The molecule has 0 aromatic rings. The maximum atomic E-state index is 11.9. The van der Waals surface area contributed by atoms with E-state index in [1.807, 2.05) is 0 Å². The quantitative estimate of drug-likeness (QED) is 0.766.